The molecule has 0 heterocycles. The zero-order valence-corrected chi connectivity index (χ0v) is 16.1. The van der Waals surface area contributed by atoms with Crippen molar-refractivity contribution < 1.29 is 9.90 Å². The molecule has 5 aromatic carbocycles. The summed E-state index contributed by atoms with van der Waals surface area (Å²) in [7, 11) is 0. The van der Waals surface area contributed by atoms with Crippen LogP contribution in [0.1, 0.15) is 29.5 Å². The molecule has 0 saturated heterocycles. The summed E-state index contributed by atoms with van der Waals surface area (Å²) in [5.74, 6) is -0.788. The zero-order chi connectivity index (χ0) is 20.1. The van der Waals surface area contributed by atoms with E-state index in [0.717, 1.165) is 27.1 Å². The van der Waals surface area contributed by atoms with Gasteiger partial charge in [-0.3, -0.25) is 4.79 Å². The number of carboxylic acids is 1. The third-order valence-electron chi connectivity index (χ3n) is 6.04. The van der Waals surface area contributed by atoms with Gasteiger partial charge in [0.1, 0.15) is 0 Å². The SMILES string of the molecule is Cc1ccc2c3ccc(C#N)c4c(CCCC(=O)O)ccc(c5cccc1c25)c43. The van der Waals surface area contributed by atoms with Crippen LogP contribution in [0.25, 0.3) is 43.1 Å². The standard InChI is InChI=1S/C26H19NO2/c1-15-8-11-20-22-13-10-17(14-27)24-16(4-2-7-23(28)29)9-12-21(26(22)24)19-6-3-5-18(15)25(19)20/h3,5-6,8-13H,2,4,7H2,1H3,(H,28,29). The number of carboxylic acid groups (broad SMARTS) is 1. The first-order valence-electron chi connectivity index (χ1n) is 9.83. The van der Waals surface area contributed by atoms with Gasteiger partial charge in [-0.05, 0) is 74.7 Å². The van der Waals surface area contributed by atoms with Crippen LogP contribution in [0.3, 0.4) is 0 Å². The molecule has 0 bridgehead atoms. The van der Waals surface area contributed by atoms with Crippen molar-refractivity contribution in [1.29, 1.82) is 5.26 Å². The van der Waals surface area contributed by atoms with Crippen LogP contribution in [0.2, 0.25) is 0 Å². The van der Waals surface area contributed by atoms with Crippen LogP contribution in [0, 0.1) is 18.3 Å². The number of nitriles is 1. The molecule has 1 N–H and O–H groups in total. The molecule has 5 rings (SSSR count). The number of hydrogen-bond donors (Lipinski definition) is 1. The number of fused-ring (bicyclic) bond motifs is 2. The Morgan fingerprint density at radius 2 is 1.52 bits per heavy atom. The molecular formula is C26H19NO2. The summed E-state index contributed by atoms with van der Waals surface area (Å²) in [5.41, 5.74) is 2.95. The lowest BCUT2D eigenvalue weighted by atomic mass is 9.85. The molecule has 0 unspecified atom stereocenters. The molecule has 29 heavy (non-hydrogen) atoms. The van der Waals surface area contributed by atoms with Crippen LogP contribution in [0.4, 0.5) is 0 Å². The largest absolute Gasteiger partial charge is 0.481 e. The van der Waals surface area contributed by atoms with E-state index in [1.54, 1.807) is 0 Å². The summed E-state index contributed by atoms with van der Waals surface area (Å²) in [6.45, 7) is 2.14. The van der Waals surface area contributed by atoms with E-state index in [1.165, 1.54) is 27.1 Å². The minimum Gasteiger partial charge on any atom is -0.481 e. The van der Waals surface area contributed by atoms with Crippen LogP contribution in [0.15, 0.2) is 54.6 Å². The average molecular weight is 377 g/mol. The van der Waals surface area contributed by atoms with Gasteiger partial charge in [0.25, 0.3) is 0 Å². The molecule has 0 amide bonds. The summed E-state index contributed by atoms with van der Waals surface area (Å²) < 4.78 is 0. The molecule has 0 aliphatic heterocycles. The van der Waals surface area contributed by atoms with E-state index in [-0.39, 0.29) is 6.42 Å². The lowest BCUT2D eigenvalue weighted by Gasteiger charge is -2.18. The van der Waals surface area contributed by atoms with Crippen molar-refractivity contribution in [3.8, 4) is 6.07 Å². The first-order chi connectivity index (χ1) is 14.1. The van der Waals surface area contributed by atoms with E-state index in [4.69, 9.17) is 5.11 Å². The van der Waals surface area contributed by atoms with Crippen molar-refractivity contribution in [3.05, 3.63) is 71.3 Å². The van der Waals surface area contributed by atoms with Crippen molar-refractivity contribution in [2.24, 2.45) is 0 Å². The van der Waals surface area contributed by atoms with Gasteiger partial charge in [-0.15, -0.1) is 0 Å². The minimum atomic E-state index is -0.788. The Morgan fingerprint density at radius 3 is 2.28 bits per heavy atom. The summed E-state index contributed by atoms with van der Waals surface area (Å²) >= 11 is 0. The molecule has 140 valence electrons. The maximum absolute atomic E-state index is 11.0. The van der Waals surface area contributed by atoms with E-state index in [1.807, 2.05) is 6.07 Å². The second-order valence-electron chi connectivity index (χ2n) is 7.70. The number of aryl methyl sites for hydroxylation is 2. The molecule has 0 spiro atoms. The fraction of sp³-hybridized carbons (Fsp3) is 0.154. The number of benzene rings is 5. The molecule has 0 atom stereocenters. The van der Waals surface area contributed by atoms with E-state index in [2.05, 4.69) is 61.5 Å². The normalized spacial score (nSPS) is 11.6. The molecule has 3 heteroatoms. The Labute approximate surface area is 168 Å². The predicted octanol–water partition coefficient (Wildman–Crippen LogP) is 6.32. The van der Waals surface area contributed by atoms with Gasteiger partial charge >= 0.3 is 5.97 Å². The van der Waals surface area contributed by atoms with Crippen molar-refractivity contribution in [2.75, 3.05) is 0 Å². The Bertz CT molecular complexity index is 1450. The van der Waals surface area contributed by atoms with Crippen molar-refractivity contribution >= 4 is 49.1 Å². The topological polar surface area (TPSA) is 61.1 Å². The van der Waals surface area contributed by atoms with Crippen LogP contribution in [0.5, 0.6) is 0 Å². The predicted molar refractivity (Wildman–Crippen MR) is 118 cm³/mol. The number of carbonyl (C=O) groups is 1. The molecule has 0 aliphatic rings. The van der Waals surface area contributed by atoms with Crippen molar-refractivity contribution in [1.82, 2.24) is 0 Å². The van der Waals surface area contributed by atoms with Crippen molar-refractivity contribution in [2.45, 2.75) is 26.2 Å². The molecule has 0 aromatic heterocycles. The van der Waals surface area contributed by atoms with Crippen LogP contribution in [-0.4, -0.2) is 11.1 Å². The van der Waals surface area contributed by atoms with E-state index in [9.17, 15) is 10.1 Å². The zero-order valence-electron chi connectivity index (χ0n) is 16.1. The lowest BCUT2D eigenvalue weighted by molar-refractivity contribution is -0.137. The summed E-state index contributed by atoms with van der Waals surface area (Å²) in [6, 6.07) is 21.3. The Morgan fingerprint density at radius 1 is 0.862 bits per heavy atom. The number of aliphatic carboxylic acids is 1. The highest BCUT2D eigenvalue weighted by Gasteiger charge is 2.17. The highest BCUT2D eigenvalue weighted by Crippen LogP contribution is 2.42. The van der Waals surface area contributed by atoms with Crippen LogP contribution >= 0.6 is 0 Å². The maximum atomic E-state index is 11.0. The first-order valence-corrected chi connectivity index (χ1v) is 9.83. The Balaban J connectivity index is 1.94. The van der Waals surface area contributed by atoms with E-state index < -0.39 is 5.97 Å². The average Bonchev–Trinajstić information content (AvgIpc) is 2.73. The van der Waals surface area contributed by atoms with Gasteiger partial charge < -0.3 is 5.11 Å². The van der Waals surface area contributed by atoms with E-state index in [0.29, 0.717) is 18.4 Å². The quantitative estimate of drug-likeness (QED) is 0.294. The lowest BCUT2D eigenvalue weighted by Crippen LogP contribution is -1.98. The van der Waals surface area contributed by atoms with Crippen LogP contribution in [-0.2, 0) is 11.2 Å². The number of nitrogens with zero attached hydrogens (tertiary/aromatic N) is 1. The smallest absolute Gasteiger partial charge is 0.303 e. The van der Waals surface area contributed by atoms with Gasteiger partial charge in [-0.2, -0.15) is 5.26 Å². The second-order valence-corrected chi connectivity index (χ2v) is 7.70. The van der Waals surface area contributed by atoms with Gasteiger partial charge in [0, 0.05) is 11.8 Å². The molecular weight excluding hydrogens is 358 g/mol. The Kier molecular flexibility index (Phi) is 3.89. The summed E-state index contributed by atoms with van der Waals surface area (Å²) in [5, 5.41) is 28.1. The fourth-order valence-corrected chi connectivity index (χ4v) is 4.75. The van der Waals surface area contributed by atoms with Gasteiger partial charge in [-0.1, -0.05) is 48.5 Å². The van der Waals surface area contributed by atoms with Crippen molar-refractivity contribution in [3.63, 3.8) is 0 Å². The maximum Gasteiger partial charge on any atom is 0.303 e. The molecule has 3 nitrogen and oxygen atoms in total. The van der Waals surface area contributed by atoms with Gasteiger partial charge in [0.15, 0.2) is 0 Å². The molecule has 0 saturated carbocycles. The van der Waals surface area contributed by atoms with Gasteiger partial charge in [0.05, 0.1) is 11.6 Å². The number of rotatable bonds is 4. The minimum absolute atomic E-state index is 0.131. The molecule has 0 aliphatic carbocycles. The molecule has 0 radical (unpaired) electrons. The highest BCUT2D eigenvalue weighted by molar-refractivity contribution is 6.33. The van der Waals surface area contributed by atoms with Gasteiger partial charge in [-0.25, -0.2) is 0 Å². The van der Waals surface area contributed by atoms with Gasteiger partial charge in [0.2, 0.25) is 0 Å². The second kappa shape index (κ2) is 6.46. The third-order valence-corrected chi connectivity index (χ3v) is 6.04. The summed E-state index contributed by atoms with van der Waals surface area (Å²) in [6.07, 6.45) is 1.34. The molecule has 5 aromatic rings. The monoisotopic (exact) mass is 377 g/mol. The number of hydrogen-bond acceptors (Lipinski definition) is 2. The van der Waals surface area contributed by atoms with E-state index >= 15 is 0 Å². The van der Waals surface area contributed by atoms with Crippen LogP contribution < -0.4 is 0 Å². The highest BCUT2D eigenvalue weighted by atomic mass is 16.4. The third kappa shape index (κ3) is 2.53. The summed E-state index contributed by atoms with van der Waals surface area (Å²) in [4.78, 5) is 11.0. The fourth-order valence-electron chi connectivity index (χ4n) is 4.75. The first kappa shape index (κ1) is 17.5. The Hall–Kier alpha value is -3.64. The molecule has 0 fully saturated rings.